The van der Waals surface area contributed by atoms with Gasteiger partial charge in [0.15, 0.2) is 0 Å². The highest BCUT2D eigenvalue weighted by Crippen LogP contribution is 2.52. The minimum atomic E-state index is -0.565. The summed E-state index contributed by atoms with van der Waals surface area (Å²) in [7, 11) is 0. The van der Waals surface area contributed by atoms with Crippen LogP contribution in [0.3, 0.4) is 0 Å². The summed E-state index contributed by atoms with van der Waals surface area (Å²) in [5, 5.41) is 0.848. The fourth-order valence-corrected chi connectivity index (χ4v) is 6.65. The number of carbonyl (C=O) groups excluding carboxylic acids is 3. The van der Waals surface area contributed by atoms with Crippen molar-refractivity contribution in [3.05, 3.63) is 47.9 Å². The Bertz CT molecular complexity index is 1170. The number of hydrogen-bond acceptors (Lipinski definition) is 3. The van der Waals surface area contributed by atoms with E-state index in [1.165, 1.54) is 13.8 Å². The Morgan fingerprint density at radius 1 is 1.00 bits per heavy atom. The van der Waals surface area contributed by atoms with Crippen molar-refractivity contribution in [3.63, 3.8) is 0 Å². The van der Waals surface area contributed by atoms with E-state index >= 15 is 0 Å². The van der Waals surface area contributed by atoms with Gasteiger partial charge in [-0.2, -0.15) is 0 Å². The molecule has 5 rings (SSSR count). The monoisotopic (exact) mass is 448 g/mol. The summed E-state index contributed by atoms with van der Waals surface area (Å²) in [5.41, 5.74) is 2.72. The number of aromatic nitrogens is 1. The first kappa shape index (κ1) is 21.7. The van der Waals surface area contributed by atoms with Gasteiger partial charge in [0.2, 0.25) is 11.8 Å². The van der Waals surface area contributed by atoms with E-state index in [0.717, 1.165) is 42.3 Å². The SMILES string of the molecule is CC(=O)N1C=CN(C(C)=O)C1c1c[nH]c2ccc(C(=O)N3CC4(C)CC3CC(C)(C)C4)cc12. The number of aromatic amines is 1. The maximum absolute atomic E-state index is 13.7. The van der Waals surface area contributed by atoms with E-state index in [2.05, 4.69) is 30.7 Å². The van der Waals surface area contributed by atoms with E-state index < -0.39 is 6.17 Å². The molecule has 2 fully saturated rings. The topological polar surface area (TPSA) is 76.7 Å². The van der Waals surface area contributed by atoms with Gasteiger partial charge in [0.05, 0.1) is 0 Å². The first-order valence-electron chi connectivity index (χ1n) is 11.7. The van der Waals surface area contributed by atoms with Crippen molar-refractivity contribution in [2.45, 2.75) is 66.1 Å². The summed E-state index contributed by atoms with van der Waals surface area (Å²) in [6.45, 7) is 10.7. The zero-order chi connectivity index (χ0) is 23.7. The van der Waals surface area contributed by atoms with Gasteiger partial charge in [0.1, 0.15) is 6.17 Å². The molecule has 33 heavy (non-hydrogen) atoms. The molecule has 3 aliphatic rings. The van der Waals surface area contributed by atoms with Gasteiger partial charge in [0.25, 0.3) is 5.91 Å². The predicted molar refractivity (Wildman–Crippen MR) is 126 cm³/mol. The van der Waals surface area contributed by atoms with E-state index in [9.17, 15) is 14.4 Å². The number of carbonyl (C=O) groups is 3. The Labute approximate surface area is 194 Å². The van der Waals surface area contributed by atoms with Crippen LogP contribution >= 0.6 is 0 Å². The molecule has 1 aromatic carbocycles. The number of benzene rings is 1. The van der Waals surface area contributed by atoms with E-state index in [-0.39, 0.29) is 34.6 Å². The molecule has 2 atom stereocenters. The number of likely N-dealkylation sites (tertiary alicyclic amines) is 1. The number of rotatable bonds is 2. The predicted octanol–water partition coefficient (Wildman–Crippen LogP) is 4.39. The second-order valence-corrected chi connectivity index (χ2v) is 11.2. The van der Waals surface area contributed by atoms with Crippen LogP contribution in [0.4, 0.5) is 0 Å². The summed E-state index contributed by atoms with van der Waals surface area (Å²) in [5.74, 6) is -0.240. The van der Waals surface area contributed by atoms with Crippen molar-refractivity contribution < 1.29 is 14.4 Å². The van der Waals surface area contributed by atoms with Crippen LogP contribution in [0.15, 0.2) is 36.8 Å². The Morgan fingerprint density at radius 3 is 2.30 bits per heavy atom. The summed E-state index contributed by atoms with van der Waals surface area (Å²) in [4.78, 5) is 46.6. The first-order valence-corrected chi connectivity index (χ1v) is 11.7. The molecule has 2 bridgehead atoms. The van der Waals surface area contributed by atoms with Gasteiger partial charge in [-0.25, -0.2) is 0 Å². The number of nitrogens with one attached hydrogen (secondary N) is 1. The third-order valence-corrected chi connectivity index (χ3v) is 7.56. The van der Waals surface area contributed by atoms with Crippen molar-refractivity contribution in [1.29, 1.82) is 0 Å². The lowest BCUT2D eigenvalue weighted by Gasteiger charge is -2.39. The lowest BCUT2D eigenvalue weighted by molar-refractivity contribution is -0.135. The average Bonchev–Trinajstić information content (AvgIpc) is 3.39. The van der Waals surface area contributed by atoms with Crippen molar-refractivity contribution >= 4 is 28.6 Å². The fraction of sp³-hybridized carbons (Fsp3) is 0.500. The van der Waals surface area contributed by atoms with E-state index in [0.29, 0.717) is 5.56 Å². The van der Waals surface area contributed by atoms with Crippen LogP contribution in [0.1, 0.15) is 76.0 Å². The molecule has 2 aliphatic heterocycles. The van der Waals surface area contributed by atoms with Crippen LogP contribution in [0, 0.1) is 10.8 Å². The van der Waals surface area contributed by atoms with Crippen LogP contribution in [0.2, 0.25) is 0 Å². The normalized spacial score (nSPS) is 26.5. The number of H-pyrrole nitrogens is 1. The molecule has 7 heteroatoms. The van der Waals surface area contributed by atoms with E-state index in [4.69, 9.17) is 0 Å². The molecule has 2 unspecified atom stereocenters. The number of amides is 3. The highest BCUT2D eigenvalue weighted by Gasteiger charge is 2.51. The highest BCUT2D eigenvalue weighted by molar-refractivity contribution is 5.99. The summed E-state index contributed by atoms with van der Waals surface area (Å²) in [6, 6.07) is 5.97. The molecule has 3 amide bonds. The minimum absolute atomic E-state index is 0.0619. The second-order valence-electron chi connectivity index (χ2n) is 11.2. The third-order valence-electron chi connectivity index (χ3n) is 7.56. The summed E-state index contributed by atoms with van der Waals surface area (Å²) < 4.78 is 0. The molecule has 1 N–H and O–H groups in total. The van der Waals surface area contributed by atoms with Crippen molar-refractivity contribution in [2.75, 3.05) is 6.54 Å². The van der Waals surface area contributed by atoms with E-state index in [1.807, 2.05) is 24.4 Å². The van der Waals surface area contributed by atoms with Gasteiger partial charge >= 0.3 is 0 Å². The molecular formula is C26H32N4O3. The first-order chi connectivity index (χ1) is 15.5. The van der Waals surface area contributed by atoms with Crippen molar-refractivity contribution in [2.24, 2.45) is 10.8 Å². The standard InChI is InChI=1S/C26H32N4O3/c1-16(31)28-8-9-29(17(2)32)23(28)21-13-27-22-7-6-18(10-20(21)22)24(33)30-15-26(5)12-19(30)11-25(3,4)14-26/h6-10,13,19,23,27H,11-12,14-15H2,1-5H3. The molecule has 1 saturated heterocycles. The zero-order valence-corrected chi connectivity index (χ0v) is 20.0. The summed E-state index contributed by atoms with van der Waals surface area (Å²) in [6.07, 6.45) is 7.76. The molecule has 0 radical (unpaired) electrons. The van der Waals surface area contributed by atoms with Gasteiger partial charge in [-0.05, 0) is 48.3 Å². The van der Waals surface area contributed by atoms with Crippen LogP contribution < -0.4 is 0 Å². The molecule has 1 saturated carbocycles. The lowest BCUT2D eigenvalue weighted by atomic mass is 9.65. The summed E-state index contributed by atoms with van der Waals surface area (Å²) >= 11 is 0. The fourth-order valence-electron chi connectivity index (χ4n) is 6.65. The van der Waals surface area contributed by atoms with Crippen LogP contribution in [0.25, 0.3) is 10.9 Å². The Morgan fingerprint density at radius 2 is 1.67 bits per heavy atom. The zero-order valence-electron chi connectivity index (χ0n) is 20.0. The number of fused-ring (bicyclic) bond motifs is 3. The second kappa shape index (κ2) is 7.20. The Hall–Kier alpha value is -3.09. The van der Waals surface area contributed by atoms with Crippen molar-refractivity contribution in [3.8, 4) is 0 Å². The van der Waals surface area contributed by atoms with Crippen LogP contribution in [-0.4, -0.2) is 50.0 Å². The number of hydrogen-bond donors (Lipinski definition) is 1. The quantitative estimate of drug-likeness (QED) is 0.740. The van der Waals surface area contributed by atoms with Gasteiger partial charge in [-0.15, -0.1) is 0 Å². The van der Waals surface area contributed by atoms with Crippen LogP contribution in [-0.2, 0) is 9.59 Å². The average molecular weight is 449 g/mol. The van der Waals surface area contributed by atoms with E-state index in [1.54, 1.807) is 22.2 Å². The van der Waals surface area contributed by atoms with Gasteiger partial charge in [-0.3, -0.25) is 24.2 Å². The third kappa shape index (κ3) is 3.54. The molecular weight excluding hydrogens is 416 g/mol. The Balaban J connectivity index is 1.51. The molecule has 1 aliphatic carbocycles. The molecule has 7 nitrogen and oxygen atoms in total. The smallest absolute Gasteiger partial charge is 0.254 e. The highest BCUT2D eigenvalue weighted by atomic mass is 16.2. The van der Waals surface area contributed by atoms with Gasteiger partial charge in [-0.1, -0.05) is 20.8 Å². The Kier molecular flexibility index (Phi) is 4.75. The van der Waals surface area contributed by atoms with Gasteiger partial charge in [0, 0.05) is 67.1 Å². The maximum Gasteiger partial charge on any atom is 0.254 e. The molecule has 2 aromatic rings. The maximum atomic E-state index is 13.7. The number of nitrogens with zero attached hydrogens (tertiary/aromatic N) is 3. The largest absolute Gasteiger partial charge is 0.361 e. The molecule has 3 heterocycles. The minimum Gasteiger partial charge on any atom is -0.361 e. The molecule has 0 spiro atoms. The lowest BCUT2D eigenvalue weighted by Crippen LogP contribution is -2.37. The van der Waals surface area contributed by atoms with Crippen LogP contribution in [0.5, 0.6) is 0 Å². The molecule has 174 valence electrons. The van der Waals surface area contributed by atoms with Gasteiger partial charge < -0.3 is 9.88 Å². The molecule has 1 aromatic heterocycles. The van der Waals surface area contributed by atoms with Crippen molar-refractivity contribution in [1.82, 2.24) is 19.7 Å².